The average molecular weight is 500 g/mol. The number of hydrogen-bond acceptors (Lipinski definition) is 6. The molecule has 0 bridgehead atoms. The average Bonchev–Trinajstić information content (AvgIpc) is 3.38. The summed E-state index contributed by atoms with van der Waals surface area (Å²) in [4.78, 5) is 6.41. The molecule has 7 nitrogen and oxygen atoms in total. The molecule has 1 aliphatic heterocycles. The highest BCUT2D eigenvalue weighted by Gasteiger charge is 2.33. The number of hydrogen-bond donors (Lipinski definition) is 1. The van der Waals surface area contributed by atoms with E-state index in [0.717, 1.165) is 55.2 Å². The molecule has 0 saturated carbocycles. The molecule has 188 valence electrons. The molecule has 1 saturated heterocycles. The maximum Gasteiger partial charge on any atom is 0.161 e. The van der Waals surface area contributed by atoms with E-state index in [1.165, 1.54) is 0 Å². The van der Waals surface area contributed by atoms with Gasteiger partial charge in [0.2, 0.25) is 0 Å². The summed E-state index contributed by atoms with van der Waals surface area (Å²) in [6, 6.07) is 11.8. The van der Waals surface area contributed by atoms with Crippen LogP contribution in [0.5, 0.6) is 17.2 Å². The molecule has 1 aliphatic rings. The van der Waals surface area contributed by atoms with E-state index in [0.29, 0.717) is 30.2 Å². The predicted molar refractivity (Wildman–Crippen MR) is 136 cm³/mol. The number of aliphatic hydroxyl groups is 1. The van der Waals surface area contributed by atoms with E-state index in [4.69, 9.17) is 25.8 Å². The molecule has 0 spiro atoms. The number of likely N-dealkylation sites (tertiary alicyclic amines) is 1. The first-order valence-corrected chi connectivity index (χ1v) is 12.4. The molecule has 1 N–H and O–H groups in total. The molecule has 1 fully saturated rings. The van der Waals surface area contributed by atoms with Gasteiger partial charge in [-0.05, 0) is 61.6 Å². The molecule has 0 atom stereocenters. The van der Waals surface area contributed by atoms with Gasteiger partial charge in [0.25, 0.3) is 0 Å². The van der Waals surface area contributed by atoms with Gasteiger partial charge in [0, 0.05) is 38.6 Å². The van der Waals surface area contributed by atoms with Crippen molar-refractivity contribution in [2.45, 2.75) is 44.9 Å². The highest BCUT2D eigenvalue weighted by molar-refractivity contribution is 6.32. The highest BCUT2D eigenvalue weighted by Crippen LogP contribution is 2.31. The lowest BCUT2D eigenvalue weighted by Gasteiger charge is -2.38. The summed E-state index contributed by atoms with van der Waals surface area (Å²) in [5, 5.41) is 11.6. The standard InChI is InChI=1S/C27H34ClN3O4/c1-21-4-6-23(28)25(16-21)35-19-27(32)8-12-30(13-9-27)18-22-5-7-24(33-2)26(17-22)34-15-3-11-31-14-10-29-20-31/h4-7,10,14,16-17,20,32H,3,8-9,11-13,15,18-19H2,1-2H3. The number of nitrogens with zero attached hydrogens (tertiary/aromatic N) is 3. The molecule has 2 aromatic carbocycles. The largest absolute Gasteiger partial charge is 0.493 e. The number of rotatable bonds is 11. The van der Waals surface area contributed by atoms with Crippen LogP contribution in [0.4, 0.5) is 0 Å². The molecule has 4 rings (SSSR count). The van der Waals surface area contributed by atoms with Crippen molar-refractivity contribution in [2.24, 2.45) is 0 Å². The summed E-state index contributed by atoms with van der Waals surface area (Å²) < 4.78 is 19.5. The lowest BCUT2D eigenvalue weighted by Crippen LogP contribution is -2.47. The summed E-state index contributed by atoms with van der Waals surface area (Å²) in [7, 11) is 1.66. The molecule has 3 aromatic rings. The van der Waals surface area contributed by atoms with E-state index in [1.54, 1.807) is 13.3 Å². The van der Waals surface area contributed by atoms with Crippen molar-refractivity contribution in [3.05, 3.63) is 71.3 Å². The smallest absolute Gasteiger partial charge is 0.161 e. The molecular weight excluding hydrogens is 466 g/mol. The summed E-state index contributed by atoms with van der Waals surface area (Å²) in [5.41, 5.74) is 1.38. The summed E-state index contributed by atoms with van der Waals surface area (Å²) in [6.07, 6.45) is 7.70. The van der Waals surface area contributed by atoms with E-state index in [2.05, 4.69) is 22.0 Å². The van der Waals surface area contributed by atoms with Gasteiger partial charge in [-0.1, -0.05) is 23.7 Å². The zero-order valence-corrected chi connectivity index (χ0v) is 21.2. The second-order valence-corrected chi connectivity index (χ2v) is 9.62. The number of aromatic nitrogens is 2. The second kappa shape index (κ2) is 11.8. The minimum Gasteiger partial charge on any atom is -0.493 e. The number of methoxy groups -OCH3 is 1. The highest BCUT2D eigenvalue weighted by atomic mass is 35.5. The molecule has 2 heterocycles. The maximum atomic E-state index is 11.0. The quantitative estimate of drug-likeness (QED) is 0.385. The molecule has 35 heavy (non-hydrogen) atoms. The lowest BCUT2D eigenvalue weighted by molar-refractivity contribution is -0.0537. The molecular formula is C27H34ClN3O4. The van der Waals surface area contributed by atoms with Crippen molar-refractivity contribution >= 4 is 11.6 Å². The van der Waals surface area contributed by atoms with Gasteiger partial charge in [-0.15, -0.1) is 0 Å². The van der Waals surface area contributed by atoms with Crippen molar-refractivity contribution in [1.29, 1.82) is 0 Å². The zero-order valence-electron chi connectivity index (χ0n) is 20.5. The fraction of sp³-hybridized carbons (Fsp3) is 0.444. The van der Waals surface area contributed by atoms with Gasteiger partial charge in [-0.3, -0.25) is 4.90 Å². The van der Waals surface area contributed by atoms with E-state index in [1.807, 2.05) is 48.3 Å². The monoisotopic (exact) mass is 499 g/mol. The van der Waals surface area contributed by atoms with Gasteiger partial charge in [0.15, 0.2) is 11.5 Å². The van der Waals surface area contributed by atoms with Crippen LogP contribution in [0.2, 0.25) is 5.02 Å². The Balaban J connectivity index is 1.27. The minimum atomic E-state index is -0.854. The van der Waals surface area contributed by atoms with E-state index < -0.39 is 5.60 Å². The van der Waals surface area contributed by atoms with Crippen LogP contribution in [-0.4, -0.2) is 58.6 Å². The molecule has 0 amide bonds. The molecule has 0 unspecified atom stereocenters. The normalized spacial score (nSPS) is 15.7. The van der Waals surface area contributed by atoms with Crippen LogP contribution in [-0.2, 0) is 13.1 Å². The van der Waals surface area contributed by atoms with E-state index >= 15 is 0 Å². The Hall–Kier alpha value is -2.74. The van der Waals surface area contributed by atoms with Crippen LogP contribution in [0.15, 0.2) is 55.1 Å². The third kappa shape index (κ3) is 7.13. The Morgan fingerprint density at radius 1 is 1.06 bits per heavy atom. The third-order valence-corrected chi connectivity index (χ3v) is 6.69. The van der Waals surface area contributed by atoms with E-state index in [-0.39, 0.29) is 6.61 Å². The maximum absolute atomic E-state index is 11.0. The van der Waals surface area contributed by atoms with Crippen LogP contribution >= 0.6 is 11.6 Å². The fourth-order valence-electron chi connectivity index (χ4n) is 4.24. The third-order valence-electron chi connectivity index (χ3n) is 6.38. The van der Waals surface area contributed by atoms with Crippen LogP contribution in [0, 0.1) is 6.92 Å². The Bertz CT molecular complexity index is 1080. The number of imidazole rings is 1. The number of halogens is 1. The number of piperidine rings is 1. The van der Waals surface area contributed by atoms with Crippen molar-refractivity contribution in [1.82, 2.24) is 14.5 Å². The van der Waals surface area contributed by atoms with Gasteiger partial charge in [0.05, 0.1) is 25.1 Å². The van der Waals surface area contributed by atoms with Crippen molar-refractivity contribution in [3.63, 3.8) is 0 Å². The van der Waals surface area contributed by atoms with E-state index in [9.17, 15) is 5.11 Å². The first-order valence-electron chi connectivity index (χ1n) is 12.0. The lowest BCUT2D eigenvalue weighted by atomic mass is 9.92. The van der Waals surface area contributed by atoms with Gasteiger partial charge in [-0.25, -0.2) is 4.98 Å². The van der Waals surface area contributed by atoms with Crippen LogP contribution in [0.3, 0.4) is 0 Å². The van der Waals surface area contributed by atoms with Crippen LogP contribution in [0.1, 0.15) is 30.4 Å². The van der Waals surface area contributed by atoms with Gasteiger partial charge in [-0.2, -0.15) is 0 Å². The van der Waals surface area contributed by atoms with Crippen molar-refractivity contribution in [2.75, 3.05) is 33.4 Å². The van der Waals surface area contributed by atoms with Crippen molar-refractivity contribution < 1.29 is 19.3 Å². The molecule has 0 radical (unpaired) electrons. The second-order valence-electron chi connectivity index (χ2n) is 9.21. The fourth-order valence-corrected chi connectivity index (χ4v) is 4.42. The van der Waals surface area contributed by atoms with Gasteiger partial charge < -0.3 is 23.9 Å². The minimum absolute atomic E-state index is 0.240. The Morgan fingerprint density at radius 3 is 2.63 bits per heavy atom. The summed E-state index contributed by atoms with van der Waals surface area (Å²) >= 11 is 6.23. The van der Waals surface area contributed by atoms with Crippen LogP contribution < -0.4 is 14.2 Å². The SMILES string of the molecule is COc1ccc(CN2CCC(O)(COc3cc(C)ccc3Cl)CC2)cc1OCCCn1ccnc1. The molecule has 1 aromatic heterocycles. The number of aryl methyl sites for hydroxylation is 2. The topological polar surface area (TPSA) is 69.0 Å². The molecule has 8 heteroatoms. The number of ether oxygens (including phenoxy) is 3. The Labute approximate surface area is 212 Å². The van der Waals surface area contributed by atoms with Crippen LogP contribution in [0.25, 0.3) is 0 Å². The first-order chi connectivity index (χ1) is 16.9. The predicted octanol–water partition coefficient (Wildman–Crippen LogP) is 4.73. The first kappa shape index (κ1) is 25.4. The molecule has 0 aliphatic carbocycles. The Morgan fingerprint density at radius 2 is 1.89 bits per heavy atom. The zero-order chi connectivity index (χ0) is 24.7. The summed E-state index contributed by atoms with van der Waals surface area (Å²) in [5.74, 6) is 2.11. The summed E-state index contributed by atoms with van der Waals surface area (Å²) in [6.45, 7) is 6.05. The van der Waals surface area contributed by atoms with Crippen molar-refractivity contribution in [3.8, 4) is 17.2 Å². The van der Waals surface area contributed by atoms with Gasteiger partial charge in [0.1, 0.15) is 18.0 Å². The Kier molecular flexibility index (Phi) is 8.55. The van der Waals surface area contributed by atoms with Gasteiger partial charge >= 0.3 is 0 Å². The number of benzene rings is 2.